The molecule has 0 aromatic rings. The molecule has 2 heteroatoms. The number of nitriles is 1. The Morgan fingerprint density at radius 1 is 0.957 bits per heavy atom. The second-order valence-electron chi connectivity index (χ2n) is 7.60. The van der Waals surface area contributed by atoms with E-state index in [-0.39, 0.29) is 0 Å². The second-order valence-corrected chi connectivity index (χ2v) is 7.60. The Hall–Kier alpha value is -1.10. The van der Waals surface area contributed by atoms with Crippen molar-refractivity contribution < 1.29 is 4.39 Å². The zero-order valence-corrected chi connectivity index (χ0v) is 14.6. The molecule has 2 fully saturated rings. The van der Waals surface area contributed by atoms with E-state index in [4.69, 9.17) is 5.26 Å². The van der Waals surface area contributed by atoms with E-state index in [1.807, 2.05) is 0 Å². The first-order valence-electron chi connectivity index (χ1n) is 9.65. The largest absolute Gasteiger partial charge is 0.196 e. The lowest BCUT2D eigenvalue weighted by molar-refractivity contribution is 0.289. The normalized spacial score (nSPS) is 32.8. The highest BCUT2D eigenvalue weighted by Crippen LogP contribution is 2.35. The topological polar surface area (TPSA) is 23.8 Å². The Labute approximate surface area is 141 Å². The average Bonchev–Trinajstić information content (AvgIpc) is 2.61. The van der Waals surface area contributed by atoms with Gasteiger partial charge in [-0.3, -0.25) is 0 Å². The Balaban J connectivity index is 1.63. The van der Waals surface area contributed by atoms with Gasteiger partial charge in [0.05, 0.1) is 0 Å². The van der Waals surface area contributed by atoms with E-state index in [1.165, 1.54) is 63.9 Å². The number of hydrogen-bond acceptors (Lipinski definition) is 1. The molecular formula is C21H32FN. The second kappa shape index (κ2) is 9.91. The zero-order valence-electron chi connectivity index (χ0n) is 14.6. The maximum atomic E-state index is 12.8. The molecule has 2 aliphatic rings. The van der Waals surface area contributed by atoms with E-state index in [0.717, 1.165) is 30.1 Å². The lowest BCUT2D eigenvalue weighted by Gasteiger charge is -2.28. The highest BCUT2D eigenvalue weighted by molar-refractivity contribution is 5.11. The van der Waals surface area contributed by atoms with Gasteiger partial charge >= 0.3 is 0 Å². The first kappa shape index (κ1) is 18.2. The number of rotatable bonds is 6. The van der Waals surface area contributed by atoms with Crippen LogP contribution in [0.5, 0.6) is 0 Å². The van der Waals surface area contributed by atoms with Gasteiger partial charge in [0.1, 0.15) is 6.07 Å². The summed E-state index contributed by atoms with van der Waals surface area (Å²) in [4.78, 5) is 0. The van der Waals surface area contributed by atoms with Crippen LogP contribution < -0.4 is 0 Å². The molecule has 2 rings (SSSR count). The fraction of sp³-hybridized carbons (Fsp3) is 0.762. The summed E-state index contributed by atoms with van der Waals surface area (Å²) in [6, 6.07) is 1.55. The molecule has 0 aromatic carbocycles. The predicted molar refractivity (Wildman–Crippen MR) is 94.4 cm³/mol. The predicted octanol–water partition coefficient (Wildman–Crippen LogP) is 6.72. The van der Waals surface area contributed by atoms with E-state index in [2.05, 4.69) is 19.1 Å². The fourth-order valence-corrected chi connectivity index (χ4v) is 4.26. The molecular weight excluding hydrogens is 285 g/mol. The van der Waals surface area contributed by atoms with Crippen LogP contribution in [0.3, 0.4) is 0 Å². The maximum absolute atomic E-state index is 12.8. The molecule has 0 aromatic heterocycles. The van der Waals surface area contributed by atoms with Crippen molar-refractivity contribution in [1.82, 2.24) is 0 Å². The molecule has 2 saturated carbocycles. The Morgan fingerprint density at radius 2 is 1.48 bits per heavy atom. The summed E-state index contributed by atoms with van der Waals surface area (Å²) in [6.07, 6.45) is 20.3. The molecule has 128 valence electrons. The first-order chi connectivity index (χ1) is 11.2. The van der Waals surface area contributed by atoms with Gasteiger partial charge in [0.15, 0.2) is 5.83 Å². The molecule has 0 amide bonds. The molecule has 2 aliphatic carbocycles. The van der Waals surface area contributed by atoms with Crippen molar-refractivity contribution in [3.63, 3.8) is 0 Å². The van der Waals surface area contributed by atoms with Gasteiger partial charge in [-0.1, -0.05) is 25.5 Å². The minimum Gasteiger partial charge on any atom is -0.195 e. The molecule has 0 radical (unpaired) electrons. The summed E-state index contributed by atoms with van der Waals surface area (Å²) in [6.45, 7) is 2.32. The minimum atomic E-state index is -0.626. The molecule has 0 heterocycles. The van der Waals surface area contributed by atoms with Crippen LogP contribution in [-0.2, 0) is 0 Å². The molecule has 0 unspecified atom stereocenters. The van der Waals surface area contributed by atoms with Crippen molar-refractivity contribution >= 4 is 0 Å². The number of nitrogens with zero attached hydrogens (tertiary/aromatic N) is 1. The van der Waals surface area contributed by atoms with Crippen molar-refractivity contribution in [1.29, 1.82) is 5.26 Å². The van der Waals surface area contributed by atoms with Crippen LogP contribution >= 0.6 is 0 Å². The van der Waals surface area contributed by atoms with Crippen LogP contribution in [0.2, 0.25) is 0 Å². The summed E-state index contributed by atoms with van der Waals surface area (Å²) >= 11 is 0. The standard InChI is InChI=1S/C21H32FN/c1-2-17-6-8-19(9-7-17)14-15-20-12-10-18(11-13-20)4-3-5-21(22)16-23/h5,14-15,17-20H,2-4,6-13H2,1H3. The van der Waals surface area contributed by atoms with Gasteiger partial charge in [-0.2, -0.15) is 9.65 Å². The quantitative estimate of drug-likeness (QED) is 0.394. The van der Waals surface area contributed by atoms with E-state index in [0.29, 0.717) is 6.42 Å². The molecule has 23 heavy (non-hydrogen) atoms. The lowest BCUT2D eigenvalue weighted by Crippen LogP contribution is -2.14. The van der Waals surface area contributed by atoms with E-state index < -0.39 is 5.83 Å². The van der Waals surface area contributed by atoms with Crippen LogP contribution in [0.15, 0.2) is 24.1 Å². The first-order valence-corrected chi connectivity index (χ1v) is 9.65. The lowest BCUT2D eigenvalue weighted by atomic mass is 9.78. The van der Waals surface area contributed by atoms with Crippen molar-refractivity contribution in [3.8, 4) is 6.07 Å². The molecule has 0 aliphatic heterocycles. The van der Waals surface area contributed by atoms with Crippen LogP contribution in [0, 0.1) is 35.0 Å². The summed E-state index contributed by atoms with van der Waals surface area (Å²) in [5.41, 5.74) is 0. The Kier molecular flexibility index (Phi) is 7.86. The number of hydrogen-bond donors (Lipinski definition) is 0. The van der Waals surface area contributed by atoms with E-state index in [9.17, 15) is 4.39 Å². The molecule has 0 bridgehead atoms. The fourth-order valence-electron chi connectivity index (χ4n) is 4.26. The maximum Gasteiger partial charge on any atom is 0.196 e. The van der Waals surface area contributed by atoms with Gasteiger partial charge in [0.25, 0.3) is 0 Å². The van der Waals surface area contributed by atoms with Crippen molar-refractivity contribution in [3.05, 3.63) is 24.1 Å². The number of allylic oxidation sites excluding steroid dienone is 4. The van der Waals surface area contributed by atoms with Crippen LogP contribution in [0.25, 0.3) is 0 Å². The van der Waals surface area contributed by atoms with Gasteiger partial charge in [0, 0.05) is 0 Å². The third-order valence-corrected chi connectivity index (χ3v) is 6.02. The van der Waals surface area contributed by atoms with Crippen molar-refractivity contribution in [2.75, 3.05) is 0 Å². The Morgan fingerprint density at radius 3 is 1.96 bits per heavy atom. The minimum absolute atomic E-state index is 0.626. The summed E-state index contributed by atoms with van der Waals surface area (Å²) < 4.78 is 12.8. The zero-order chi connectivity index (χ0) is 16.5. The van der Waals surface area contributed by atoms with Crippen molar-refractivity contribution in [2.45, 2.75) is 77.6 Å². The van der Waals surface area contributed by atoms with Gasteiger partial charge < -0.3 is 0 Å². The smallest absolute Gasteiger partial charge is 0.195 e. The van der Waals surface area contributed by atoms with Crippen LogP contribution in [0.1, 0.15) is 77.6 Å². The van der Waals surface area contributed by atoms with E-state index in [1.54, 1.807) is 6.07 Å². The molecule has 0 atom stereocenters. The SMILES string of the molecule is CCC1CCC(C=CC2CCC(CCC=C(F)C#N)CC2)CC1. The molecule has 0 saturated heterocycles. The van der Waals surface area contributed by atoms with Crippen LogP contribution in [-0.4, -0.2) is 0 Å². The van der Waals surface area contributed by atoms with Gasteiger partial charge in [-0.15, -0.1) is 0 Å². The summed E-state index contributed by atoms with van der Waals surface area (Å²) in [7, 11) is 0. The third kappa shape index (κ3) is 6.50. The van der Waals surface area contributed by atoms with Gasteiger partial charge in [0.2, 0.25) is 0 Å². The monoisotopic (exact) mass is 317 g/mol. The summed E-state index contributed by atoms with van der Waals surface area (Å²) in [5, 5.41) is 8.40. The molecule has 1 nitrogen and oxygen atoms in total. The Bertz CT molecular complexity index is 429. The molecule has 0 N–H and O–H groups in total. The number of halogens is 1. The van der Waals surface area contributed by atoms with Gasteiger partial charge in [-0.05, 0) is 94.0 Å². The van der Waals surface area contributed by atoms with Crippen LogP contribution in [0.4, 0.5) is 4.39 Å². The van der Waals surface area contributed by atoms with Crippen molar-refractivity contribution in [2.24, 2.45) is 23.7 Å². The summed E-state index contributed by atoms with van der Waals surface area (Å²) in [5.74, 6) is 2.67. The average molecular weight is 317 g/mol. The third-order valence-electron chi connectivity index (χ3n) is 6.02. The van der Waals surface area contributed by atoms with Gasteiger partial charge in [-0.25, -0.2) is 0 Å². The van der Waals surface area contributed by atoms with E-state index >= 15 is 0 Å². The molecule has 0 spiro atoms. The highest BCUT2D eigenvalue weighted by Gasteiger charge is 2.21. The highest BCUT2D eigenvalue weighted by atomic mass is 19.1.